The summed E-state index contributed by atoms with van der Waals surface area (Å²) in [6.07, 6.45) is 6.27. The van der Waals surface area contributed by atoms with E-state index in [1.807, 2.05) is 28.6 Å². The minimum atomic E-state index is -0.296. The Hall–Kier alpha value is -3.30. The SMILES string of the molecule is CCCN(C[C@@H]1CCCO1)C(=O)c1cc(NC(=O)COC)cc2nc(-c3ccncc3)n(C)c12. The number of carbonyl (C=O) groups is 2. The molecule has 0 bridgehead atoms. The lowest BCUT2D eigenvalue weighted by Crippen LogP contribution is -2.38. The summed E-state index contributed by atoms with van der Waals surface area (Å²) in [4.78, 5) is 36.8. The molecule has 1 aliphatic heterocycles. The van der Waals surface area contributed by atoms with Crippen LogP contribution in [0.1, 0.15) is 36.5 Å². The van der Waals surface area contributed by atoms with Crippen LogP contribution < -0.4 is 5.32 Å². The fourth-order valence-electron chi connectivity index (χ4n) is 4.42. The predicted molar refractivity (Wildman–Crippen MR) is 130 cm³/mol. The number of imidazole rings is 1. The van der Waals surface area contributed by atoms with Crippen molar-refractivity contribution in [1.29, 1.82) is 0 Å². The van der Waals surface area contributed by atoms with E-state index in [2.05, 4.69) is 17.2 Å². The number of amides is 2. The molecule has 2 amide bonds. The summed E-state index contributed by atoms with van der Waals surface area (Å²) in [6.45, 7) is 3.88. The van der Waals surface area contributed by atoms with Crippen molar-refractivity contribution >= 4 is 28.5 Å². The second-order valence-electron chi connectivity index (χ2n) is 8.49. The summed E-state index contributed by atoms with van der Waals surface area (Å²) < 4.78 is 12.7. The zero-order valence-corrected chi connectivity index (χ0v) is 19.9. The van der Waals surface area contributed by atoms with Crippen LogP contribution in [0.25, 0.3) is 22.4 Å². The van der Waals surface area contributed by atoms with Gasteiger partial charge in [0.1, 0.15) is 12.4 Å². The largest absolute Gasteiger partial charge is 0.376 e. The monoisotopic (exact) mass is 465 g/mol. The van der Waals surface area contributed by atoms with Gasteiger partial charge in [-0.1, -0.05) is 6.92 Å². The molecule has 0 saturated carbocycles. The number of anilines is 1. The van der Waals surface area contributed by atoms with Crippen LogP contribution in [-0.2, 0) is 21.3 Å². The van der Waals surface area contributed by atoms with Gasteiger partial charge in [-0.25, -0.2) is 4.98 Å². The van der Waals surface area contributed by atoms with Gasteiger partial charge in [-0.05, 0) is 43.5 Å². The first-order chi connectivity index (χ1) is 16.5. The predicted octanol–water partition coefficient (Wildman–Crippen LogP) is 3.25. The molecule has 0 spiro atoms. The Kier molecular flexibility index (Phi) is 7.54. The minimum Gasteiger partial charge on any atom is -0.376 e. The lowest BCUT2D eigenvalue weighted by atomic mass is 10.1. The van der Waals surface area contributed by atoms with Gasteiger partial charge in [-0.3, -0.25) is 14.6 Å². The number of ether oxygens (including phenoxy) is 2. The van der Waals surface area contributed by atoms with Gasteiger partial charge >= 0.3 is 0 Å². The smallest absolute Gasteiger partial charge is 0.256 e. The van der Waals surface area contributed by atoms with Crippen LogP contribution in [0.5, 0.6) is 0 Å². The maximum absolute atomic E-state index is 13.9. The van der Waals surface area contributed by atoms with Crippen molar-refractivity contribution in [1.82, 2.24) is 19.4 Å². The van der Waals surface area contributed by atoms with E-state index >= 15 is 0 Å². The third-order valence-electron chi connectivity index (χ3n) is 5.93. The highest BCUT2D eigenvalue weighted by Gasteiger charge is 2.26. The molecule has 9 nitrogen and oxygen atoms in total. The summed E-state index contributed by atoms with van der Waals surface area (Å²) in [5.74, 6) is 0.317. The Morgan fingerprint density at radius 2 is 2.09 bits per heavy atom. The first kappa shape index (κ1) is 23.8. The minimum absolute atomic E-state index is 0.0505. The van der Waals surface area contributed by atoms with Gasteiger partial charge in [-0.15, -0.1) is 0 Å². The number of benzene rings is 1. The van der Waals surface area contributed by atoms with E-state index in [1.165, 1.54) is 7.11 Å². The lowest BCUT2D eigenvalue weighted by molar-refractivity contribution is -0.119. The molecular weight excluding hydrogens is 434 g/mol. The standard InChI is InChI=1S/C25H31N5O4/c1-4-11-30(15-19-6-5-12-34-19)25(32)20-13-18(27-22(31)16-33-3)14-21-23(20)29(2)24(28-21)17-7-9-26-10-8-17/h7-10,13-14,19H,4-6,11-12,15-16H2,1-3H3,(H,27,31)/t19-/m0/s1. The molecule has 0 unspecified atom stereocenters. The number of rotatable bonds is 9. The quantitative estimate of drug-likeness (QED) is 0.521. The van der Waals surface area contributed by atoms with Crippen LogP contribution in [0.3, 0.4) is 0 Å². The van der Waals surface area contributed by atoms with Gasteiger partial charge in [0.15, 0.2) is 0 Å². The van der Waals surface area contributed by atoms with Gasteiger partial charge < -0.3 is 24.3 Å². The van der Waals surface area contributed by atoms with Crippen LogP contribution >= 0.6 is 0 Å². The van der Waals surface area contributed by atoms with Crippen molar-refractivity contribution in [3.8, 4) is 11.4 Å². The van der Waals surface area contributed by atoms with Crippen LogP contribution in [0, 0.1) is 0 Å². The number of nitrogens with zero attached hydrogens (tertiary/aromatic N) is 4. The number of fused-ring (bicyclic) bond motifs is 1. The molecule has 1 aliphatic rings. The van der Waals surface area contributed by atoms with Crippen molar-refractivity contribution in [3.05, 3.63) is 42.2 Å². The van der Waals surface area contributed by atoms with E-state index in [-0.39, 0.29) is 24.5 Å². The van der Waals surface area contributed by atoms with Crippen molar-refractivity contribution in [2.45, 2.75) is 32.3 Å². The number of hydrogen-bond acceptors (Lipinski definition) is 6. The molecule has 9 heteroatoms. The topological polar surface area (TPSA) is 98.6 Å². The zero-order valence-electron chi connectivity index (χ0n) is 19.9. The zero-order chi connectivity index (χ0) is 24.1. The molecule has 1 N–H and O–H groups in total. The molecule has 3 aromatic rings. The molecule has 1 saturated heterocycles. The molecule has 2 aromatic heterocycles. The molecule has 4 rings (SSSR count). The number of aryl methyl sites for hydroxylation is 1. The highest BCUT2D eigenvalue weighted by atomic mass is 16.5. The van der Waals surface area contributed by atoms with E-state index in [1.54, 1.807) is 24.5 Å². The molecular formula is C25H31N5O4. The van der Waals surface area contributed by atoms with Crippen LogP contribution in [-0.4, -0.2) is 70.8 Å². The number of aromatic nitrogens is 3. The van der Waals surface area contributed by atoms with E-state index in [0.717, 1.165) is 36.9 Å². The maximum atomic E-state index is 13.9. The molecule has 34 heavy (non-hydrogen) atoms. The number of methoxy groups -OCH3 is 1. The van der Waals surface area contributed by atoms with E-state index in [9.17, 15) is 9.59 Å². The average molecular weight is 466 g/mol. The summed E-state index contributed by atoms with van der Waals surface area (Å²) in [5, 5.41) is 2.82. The molecule has 180 valence electrons. The summed E-state index contributed by atoms with van der Waals surface area (Å²) in [7, 11) is 3.36. The number of carbonyl (C=O) groups excluding carboxylic acids is 2. The van der Waals surface area contributed by atoms with Crippen LogP contribution in [0.4, 0.5) is 5.69 Å². The number of hydrogen-bond donors (Lipinski definition) is 1. The molecule has 3 heterocycles. The van der Waals surface area contributed by atoms with Crippen molar-refractivity contribution in [2.75, 3.05) is 38.7 Å². The molecule has 1 fully saturated rings. The Morgan fingerprint density at radius 1 is 1.29 bits per heavy atom. The second-order valence-corrected chi connectivity index (χ2v) is 8.49. The first-order valence-corrected chi connectivity index (χ1v) is 11.6. The Balaban J connectivity index is 1.80. The van der Waals surface area contributed by atoms with Gasteiger partial charge in [0, 0.05) is 57.5 Å². The number of nitrogens with one attached hydrogen (secondary N) is 1. The molecule has 0 radical (unpaired) electrons. The van der Waals surface area contributed by atoms with E-state index < -0.39 is 0 Å². The highest BCUT2D eigenvalue weighted by Crippen LogP contribution is 2.30. The maximum Gasteiger partial charge on any atom is 0.256 e. The van der Waals surface area contributed by atoms with Crippen LogP contribution in [0.15, 0.2) is 36.7 Å². The fraction of sp³-hybridized carbons (Fsp3) is 0.440. The third kappa shape index (κ3) is 5.10. The Bertz CT molecular complexity index is 1160. The normalized spacial score (nSPS) is 15.6. The number of pyridine rings is 1. The van der Waals surface area contributed by atoms with Crippen molar-refractivity contribution in [2.24, 2.45) is 7.05 Å². The molecule has 0 aliphatic carbocycles. The van der Waals surface area contributed by atoms with Crippen LogP contribution in [0.2, 0.25) is 0 Å². The Labute approximate surface area is 199 Å². The summed E-state index contributed by atoms with van der Waals surface area (Å²) in [6, 6.07) is 7.28. The summed E-state index contributed by atoms with van der Waals surface area (Å²) >= 11 is 0. The molecule has 1 aromatic carbocycles. The summed E-state index contributed by atoms with van der Waals surface area (Å²) in [5.41, 5.74) is 3.23. The average Bonchev–Trinajstić information content (AvgIpc) is 3.46. The van der Waals surface area contributed by atoms with E-state index in [4.69, 9.17) is 14.5 Å². The van der Waals surface area contributed by atoms with Gasteiger partial charge in [0.2, 0.25) is 5.91 Å². The van der Waals surface area contributed by atoms with Crippen molar-refractivity contribution in [3.63, 3.8) is 0 Å². The second kappa shape index (κ2) is 10.8. The van der Waals surface area contributed by atoms with Gasteiger partial charge in [-0.2, -0.15) is 0 Å². The molecule has 1 atom stereocenters. The van der Waals surface area contributed by atoms with E-state index in [0.29, 0.717) is 35.7 Å². The van der Waals surface area contributed by atoms with Gasteiger partial charge in [0.25, 0.3) is 5.91 Å². The lowest BCUT2D eigenvalue weighted by Gasteiger charge is -2.26. The van der Waals surface area contributed by atoms with Crippen molar-refractivity contribution < 1.29 is 19.1 Å². The Morgan fingerprint density at radius 3 is 2.76 bits per heavy atom. The first-order valence-electron chi connectivity index (χ1n) is 11.6. The van der Waals surface area contributed by atoms with Gasteiger partial charge in [0.05, 0.1) is 22.7 Å². The fourth-order valence-corrected chi connectivity index (χ4v) is 4.42. The highest BCUT2D eigenvalue weighted by molar-refractivity contribution is 6.08. The third-order valence-corrected chi connectivity index (χ3v) is 5.93.